The number of anilines is 1. The van der Waals surface area contributed by atoms with Crippen molar-refractivity contribution in [3.63, 3.8) is 0 Å². The number of carbonyl (C=O) groups is 1. The molecule has 1 aromatic heterocycles. The van der Waals surface area contributed by atoms with Crippen molar-refractivity contribution in [2.75, 3.05) is 31.1 Å². The fourth-order valence-corrected chi connectivity index (χ4v) is 3.96. The van der Waals surface area contributed by atoms with Crippen molar-refractivity contribution < 1.29 is 4.79 Å². The van der Waals surface area contributed by atoms with Crippen molar-refractivity contribution in [3.8, 4) is 0 Å². The van der Waals surface area contributed by atoms with Crippen LogP contribution in [0.25, 0.3) is 0 Å². The van der Waals surface area contributed by atoms with Crippen LogP contribution in [0.5, 0.6) is 0 Å². The molecule has 7 nitrogen and oxygen atoms in total. The van der Waals surface area contributed by atoms with Gasteiger partial charge in [-0.3, -0.25) is 4.79 Å². The van der Waals surface area contributed by atoms with E-state index in [-0.39, 0.29) is 11.6 Å². The van der Waals surface area contributed by atoms with Crippen molar-refractivity contribution in [1.29, 1.82) is 0 Å². The van der Waals surface area contributed by atoms with Crippen LogP contribution in [0, 0.1) is 11.8 Å². The van der Waals surface area contributed by atoms with Crippen molar-refractivity contribution in [1.82, 2.24) is 20.4 Å². The minimum Gasteiger partial charge on any atom is -0.370 e. The minimum atomic E-state index is -0.0825. The number of nitrogens with one attached hydrogen (secondary N) is 2. The Morgan fingerprint density at radius 2 is 1.69 bits per heavy atom. The molecule has 3 rings (SSSR count). The smallest absolute Gasteiger partial charge is 0.314 e. The molecule has 1 aromatic rings. The zero-order valence-electron chi connectivity index (χ0n) is 15.7. The van der Waals surface area contributed by atoms with Gasteiger partial charge >= 0.3 is 6.03 Å². The minimum absolute atomic E-state index is 0.0336. The third kappa shape index (κ3) is 5.22. The number of carbonyl (C=O) groups excluding carboxylic acids is 1. The van der Waals surface area contributed by atoms with Crippen LogP contribution in [-0.4, -0.2) is 42.0 Å². The van der Waals surface area contributed by atoms with E-state index >= 15 is 0 Å². The maximum Gasteiger partial charge on any atom is 0.314 e. The highest BCUT2D eigenvalue weighted by molar-refractivity contribution is 5.73. The van der Waals surface area contributed by atoms with Gasteiger partial charge < -0.3 is 15.5 Å². The van der Waals surface area contributed by atoms with Crippen molar-refractivity contribution >= 4 is 11.7 Å². The van der Waals surface area contributed by atoms with Crippen LogP contribution in [0.2, 0.25) is 0 Å². The molecule has 2 fully saturated rings. The molecule has 2 N–H and O–H groups in total. The summed E-state index contributed by atoms with van der Waals surface area (Å²) in [5, 5.41) is 10.1. The molecule has 1 saturated carbocycles. The van der Waals surface area contributed by atoms with Gasteiger partial charge in [-0.25, -0.2) is 9.48 Å². The number of amides is 2. The van der Waals surface area contributed by atoms with Crippen LogP contribution < -0.4 is 21.1 Å². The predicted octanol–water partition coefficient (Wildman–Crippen LogP) is 1.88. The largest absolute Gasteiger partial charge is 0.370 e. The van der Waals surface area contributed by atoms with Gasteiger partial charge in [0.05, 0.1) is 11.9 Å². The van der Waals surface area contributed by atoms with Gasteiger partial charge in [0, 0.05) is 39.3 Å². The Balaban J connectivity index is 1.35. The molecule has 1 aliphatic heterocycles. The van der Waals surface area contributed by atoms with Gasteiger partial charge in [0.1, 0.15) is 0 Å². The average Bonchev–Trinajstić information content (AvgIpc) is 2.68. The lowest BCUT2D eigenvalue weighted by molar-refractivity contribution is 0.233. The molecule has 144 valence electrons. The van der Waals surface area contributed by atoms with Crippen LogP contribution in [-0.2, 0) is 7.05 Å². The zero-order chi connectivity index (χ0) is 18.4. The second-order valence-electron chi connectivity index (χ2n) is 7.70. The molecule has 2 aliphatic rings. The molecule has 1 saturated heterocycles. The fraction of sp³-hybridized carbons (Fsp3) is 0.737. The summed E-state index contributed by atoms with van der Waals surface area (Å²) < 4.78 is 1.34. The molecule has 0 aromatic carbocycles. The Morgan fingerprint density at radius 3 is 2.31 bits per heavy atom. The average molecular weight is 361 g/mol. The topological polar surface area (TPSA) is 79.3 Å². The molecule has 2 heterocycles. The van der Waals surface area contributed by atoms with Crippen LogP contribution in [0.15, 0.2) is 17.1 Å². The van der Waals surface area contributed by atoms with Gasteiger partial charge in [-0.2, -0.15) is 5.10 Å². The standard InChI is InChI=1S/C19H31N5O2/c1-23-18(25)11-17(14-22-23)24-9-7-16(8-10-24)13-21-19(26)20-12-15-5-3-2-4-6-15/h11,14-16H,2-10,12-13H2,1H3,(H2,20,21,26). The summed E-state index contributed by atoms with van der Waals surface area (Å²) in [6.07, 6.45) is 10.2. The van der Waals surface area contributed by atoms with E-state index in [0.29, 0.717) is 11.8 Å². The second-order valence-corrected chi connectivity index (χ2v) is 7.70. The molecular weight excluding hydrogens is 330 g/mol. The normalized spacial score (nSPS) is 19.3. The number of hydrogen-bond acceptors (Lipinski definition) is 4. The lowest BCUT2D eigenvalue weighted by Crippen LogP contribution is -2.43. The number of hydrogen-bond donors (Lipinski definition) is 2. The Bertz CT molecular complexity index is 646. The molecule has 2 amide bonds. The first kappa shape index (κ1) is 18.7. The van der Waals surface area contributed by atoms with Gasteiger partial charge in [0.15, 0.2) is 0 Å². The van der Waals surface area contributed by atoms with E-state index in [4.69, 9.17) is 0 Å². The van der Waals surface area contributed by atoms with Crippen molar-refractivity contribution in [3.05, 3.63) is 22.6 Å². The van der Waals surface area contributed by atoms with E-state index < -0.39 is 0 Å². The highest BCUT2D eigenvalue weighted by Gasteiger charge is 2.21. The third-order valence-electron chi connectivity index (χ3n) is 5.76. The monoisotopic (exact) mass is 361 g/mol. The molecule has 0 radical (unpaired) electrons. The summed E-state index contributed by atoms with van der Waals surface area (Å²) in [7, 11) is 1.66. The number of piperidine rings is 1. The summed E-state index contributed by atoms with van der Waals surface area (Å²) >= 11 is 0. The zero-order valence-corrected chi connectivity index (χ0v) is 15.7. The highest BCUT2D eigenvalue weighted by Crippen LogP contribution is 2.23. The quantitative estimate of drug-likeness (QED) is 0.839. The van der Waals surface area contributed by atoms with E-state index in [1.165, 1.54) is 36.8 Å². The number of aryl methyl sites for hydroxylation is 1. The summed E-state index contributed by atoms with van der Waals surface area (Å²) in [4.78, 5) is 25.9. The Morgan fingerprint density at radius 1 is 1.08 bits per heavy atom. The van der Waals surface area contributed by atoms with E-state index in [1.54, 1.807) is 19.3 Å². The van der Waals surface area contributed by atoms with Gasteiger partial charge in [0.25, 0.3) is 5.56 Å². The number of nitrogens with zero attached hydrogens (tertiary/aromatic N) is 3. The Labute approximate surface area is 155 Å². The maximum absolute atomic E-state index is 12.0. The van der Waals surface area contributed by atoms with E-state index in [0.717, 1.165) is 44.7 Å². The van der Waals surface area contributed by atoms with Crippen molar-refractivity contribution in [2.45, 2.75) is 44.9 Å². The van der Waals surface area contributed by atoms with Crippen molar-refractivity contribution in [2.24, 2.45) is 18.9 Å². The Hall–Kier alpha value is -2.05. The molecule has 0 bridgehead atoms. The molecule has 26 heavy (non-hydrogen) atoms. The number of aromatic nitrogens is 2. The summed E-state index contributed by atoms with van der Waals surface area (Å²) in [6.45, 7) is 3.31. The summed E-state index contributed by atoms with van der Waals surface area (Å²) in [5.41, 5.74) is 0.811. The second kappa shape index (κ2) is 9.05. The lowest BCUT2D eigenvalue weighted by atomic mass is 9.89. The van der Waals surface area contributed by atoms with Gasteiger partial charge in [-0.05, 0) is 37.5 Å². The Kier molecular flexibility index (Phi) is 6.52. The maximum atomic E-state index is 12.0. The molecule has 0 unspecified atom stereocenters. The fourth-order valence-electron chi connectivity index (χ4n) is 3.96. The van der Waals surface area contributed by atoms with E-state index in [1.807, 2.05) is 0 Å². The summed E-state index contributed by atoms with van der Waals surface area (Å²) in [5.74, 6) is 1.15. The van der Waals surface area contributed by atoms with Gasteiger partial charge in [0.2, 0.25) is 0 Å². The first-order valence-electron chi connectivity index (χ1n) is 9.92. The first-order valence-corrected chi connectivity index (χ1v) is 9.92. The molecular formula is C19H31N5O2. The molecule has 7 heteroatoms. The predicted molar refractivity (Wildman–Crippen MR) is 102 cm³/mol. The number of rotatable bonds is 5. The number of urea groups is 1. The first-order chi connectivity index (χ1) is 12.6. The van der Waals surface area contributed by atoms with Crippen LogP contribution in [0.3, 0.4) is 0 Å². The van der Waals surface area contributed by atoms with Crippen LogP contribution >= 0.6 is 0 Å². The van der Waals surface area contributed by atoms with E-state index in [9.17, 15) is 9.59 Å². The van der Waals surface area contributed by atoms with E-state index in [2.05, 4.69) is 20.6 Å². The lowest BCUT2D eigenvalue weighted by Gasteiger charge is -2.33. The highest BCUT2D eigenvalue weighted by atomic mass is 16.2. The molecule has 0 atom stereocenters. The van der Waals surface area contributed by atoms with Crippen LogP contribution in [0.1, 0.15) is 44.9 Å². The summed E-state index contributed by atoms with van der Waals surface area (Å²) in [6, 6.07) is 1.61. The van der Waals surface area contributed by atoms with Gasteiger partial charge in [-0.15, -0.1) is 0 Å². The van der Waals surface area contributed by atoms with Crippen LogP contribution in [0.4, 0.5) is 10.5 Å². The molecule has 1 aliphatic carbocycles. The molecule has 0 spiro atoms. The SMILES string of the molecule is Cn1ncc(N2CCC(CNC(=O)NCC3CCCCC3)CC2)cc1=O. The van der Waals surface area contributed by atoms with Gasteiger partial charge in [-0.1, -0.05) is 19.3 Å². The third-order valence-corrected chi connectivity index (χ3v) is 5.76.